The highest BCUT2D eigenvalue weighted by atomic mass is 19.1. The molecule has 0 unspecified atom stereocenters. The minimum absolute atomic E-state index is 0.133. The molecule has 0 heterocycles. The molecule has 2 rings (SSSR count). The van der Waals surface area contributed by atoms with E-state index in [1.807, 2.05) is 0 Å². The van der Waals surface area contributed by atoms with Gasteiger partial charge < -0.3 is 4.74 Å². The fraction of sp³-hybridized carbons (Fsp3) is 0.133. The van der Waals surface area contributed by atoms with Crippen molar-refractivity contribution in [3.8, 4) is 5.75 Å². The van der Waals surface area contributed by atoms with E-state index in [9.17, 15) is 9.18 Å². The SMILES string of the molecule is COc1cccc(C(=O)c2ccc(F)cc2C)c1. The number of methoxy groups -OCH3 is 1. The van der Waals surface area contributed by atoms with Gasteiger partial charge in [-0.2, -0.15) is 0 Å². The Labute approximate surface area is 105 Å². The van der Waals surface area contributed by atoms with Gasteiger partial charge in [-0.25, -0.2) is 4.39 Å². The highest BCUT2D eigenvalue weighted by Crippen LogP contribution is 2.19. The van der Waals surface area contributed by atoms with Crippen LogP contribution in [0, 0.1) is 12.7 Å². The third-order valence-electron chi connectivity index (χ3n) is 2.77. The lowest BCUT2D eigenvalue weighted by Gasteiger charge is -2.06. The predicted octanol–water partition coefficient (Wildman–Crippen LogP) is 3.37. The standard InChI is InChI=1S/C15H13FO2/c1-10-8-12(16)6-7-14(10)15(17)11-4-3-5-13(9-11)18-2/h3-9H,1-2H3. The van der Waals surface area contributed by atoms with E-state index in [1.165, 1.54) is 18.2 Å². The minimum atomic E-state index is -0.338. The summed E-state index contributed by atoms with van der Waals surface area (Å²) in [4.78, 5) is 12.3. The van der Waals surface area contributed by atoms with Gasteiger partial charge in [0.1, 0.15) is 11.6 Å². The second-order valence-electron chi connectivity index (χ2n) is 4.02. The van der Waals surface area contributed by atoms with Crippen LogP contribution >= 0.6 is 0 Å². The van der Waals surface area contributed by atoms with E-state index < -0.39 is 0 Å². The molecule has 0 atom stereocenters. The van der Waals surface area contributed by atoms with E-state index in [0.29, 0.717) is 22.4 Å². The maximum absolute atomic E-state index is 13.0. The molecule has 2 aromatic carbocycles. The molecule has 2 nitrogen and oxygen atoms in total. The van der Waals surface area contributed by atoms with Crippen molar-refractivity contribution in [1.82, 2.24) is 0 Å². The Hall–Kier alpha value is -2.16. The summed E-state index contributed by atoms with van der Waals surface area (Å²) in [6, 6.07) is 11.1. The topological polar surface area (TPSA) is 26.3 Å². The normalized spacial score (nSPS) is 10.2. The largest absolute Gasteiger partial charge is 0.497 e. The van der Waals surface area contributed by atoms with Crippen molar-refractivity contribution in [1.29, 1.82) is 0 Å². The van der Waals surface area contributed by atoms with E-state index in [1.54, 1.807) is 38.3 Å². The Morgan fingerprint density at radius 2 is 1.94 bits per heavy atom. The molecule has 0 N–H and O–H groups in total. The van der Waals surface area contributed by atoms with Crippen LogP contribution in [0.2, 0.25) is 0 Å². The van der Waals surface area contributed by atoms with E-state index in [2.05, 4.69) is 0 Å². The highest BCUT2D eigenvalue weighted by Gasteiger charge is 2.12. The molecular weight excluding hydrogens is 231 g/mol. The molecule has 0 saturated carbocycles. The number of hydrogen-bond donors (Lipinski definition) is 0. The lowest BCUT2D eigenvalue weighted by molar-refractivity contribution is 0.103. The first-order valence-corrected chi connectivity index (χ1v) is 5.56. The van der Waals surface area contributed by atoms with Crippen molar-refractivity contribution in [2.45, 2.75) is 6.92 Å². The van der Waals surface area contributed by atoms with Crippen molar-refractivity contribution in [3.63, 3.8) is 0 Å². The molecule has 0 aromatic heterocycles. The second kappa shape index (κ2) is 5.00. The van der Waals surface area contributed by atoms with Crippen LogP contribution < -0.4 is 4.74 Å². The number of carbonyl (C=O) groups excluding carboxylic acids is 1. The van der Waals surface area contributed by atoms with Crippen molar-refractivity contribution in [2.24, 2.45) is 0 Å². The number of benzene rings is 2. The van der Waals surface area contributed by atoms with Crippen LogP contribution in [0.5, 0.6) is 5.75 Å². The van der Waals surface area contributed by atoms with Crippen LogP contribution in [-0.4, -0.2) is 12.9 Å². The van der Waals surface area contributed by atoms with Crippen LogP contribution in [0.25, 0.3) is 0 Å². The molecule has 0 fully saturated rings. The fourth-order valence-corrected chi connectivity index (χ4v) is 1.80. The molecule has 0 aliphatic carbocycles. The molecule has 18 heavy (non-hydrogen) atoms. The first kappa shape index (κ1) is 12.3. The van der Waals surface area contributed by atoms with Gasteiger partial charge in [-0.05, 0) is 42.8 Å². The summed E-state index contributed by atoms with van der Waals surface area (Å²) in [5.41, 5.74) is 1.66. The zero-order valence-electron chi connectivity index (χ0n) is 10.2. The van der Waals surface area contributed by atoms with E-state index in [-0.39, 0.29) is 11.6 Å². The molecule has 0 aliphatic rings. The summed E-state index contributed by atoms with van der Waals surface area (Å²) in [5, 5.41) is 0. The summed E-state index contributed by atoms with van der Waals surface area (Å²) in [5.74, 6) is 0.154. The lowest BCUT2D eigenvalue weighted by Crippen LogP contribution is -2.04. The molecule has 0 amide bonds. The van der Waals surface area contributed by atoms with Crippen molar-refractivity contribution in [2.75, 3.05) is 7.11 Å². The maximum Gasteiger partial charge on any atom is 0.193 e. The van der Waals surface area contributed by atoms with Crippen molar-refractivity contribution >= 4 is 5.78 Å². The first-order chi connectivity index (χ1) is 8.61. The summed E-state index contributed by atoms with van der Waals surface area (Å²) < 4.78 is 18.1. The molecule has 2 aromatic rings. The Morgan fingerprint density at radius 1 is 1.17 bits per heavy atom. The van der Waals surface area contributed by atoms with Crippen LogP contribution in [0.1, 0.15) is 21.5 Å². The summed E-state index contributed by atoms with van der Waals surface area (Å²) in [6.45, 7) is 1.72. The number of ketones is 1. The molecule has 92 valence electrons. The predicted molar refractivity (Wildman–Crippen MR) is 67.6 cm³/mol. The molecule has 3 heteroatoms. The number of aryl methyl sites for hydroxylation is 1. The molecule has 0 aliphatic heterocycles. The Bertz CT molecular complexity index is 591. The van der Waals surface area contributed by atoms with E-state index in [4.69, 9.17) is 4.74 Å². The van der Waals surface area contributed by atoms with Gasteiger partial charge in [-0.3, -0.25) is 4.79 Å². The maximum atomic E-state index is 13.0. The van der Waals surface area contributed by atoms with Gasteiger partial charge >= 0.3 is 0 Å². The summed E-state index contributed by atoms with van der Waals surface area (Å²) >= 11 is 0. The number of ether oxygens (including phenoxy) is 1. The average molecular weight is 244 g/mol. The Morgan fingerprint density at radius 3 is 2.61 bits per heavy atom. The van der Waals surface area contributed by atoms with Gasteiger partial charge in [-0.1, -0.05) is 12.1 Å². The van der Waals surface area contributed by atoms with Crippen LogP contribution in [0.15, 0.2) is 42.5 Å². The zero-order chi connectivity index (χ0) is 13.1. The Kier molecular flexibility index (Phi) is 3.42. The Balaban J connectivity index is 2.41. The van der Waals surface area contributed by atoms with Crippen LogP contribution in [0.3, 0.4) is 0 Å². The van der Waals surface area contributed by atoms with Gasteiger partial charge in [0.15, 0.2) is 5.78 Å². The van der Waals surface area contributed by atoms with E-state index in [0.717, 1.165) is 0 Å². The van der Waals surface area contributed by atoms with Gasteiger partial charge in [0, 0.05) is 11.1 Å². The van der Waals surface area contributed by atoms with Crippen LogP contribution in [0.4, 0.5) is 4.39 Å². The number of halogens is 1. The number of rotatable bonds is 3. The lowest BCUT2D eigenvalue weighted by atomic mass is 9.99. The third-order valence-corrected chi connectivity index (χ3v) is 2.77. The molecule has 0 saturated heterocycles. The summed E-state index contributed by atoms with van der Waals surface area (Å²) in [6.07, 6.45) is 0. The summed E-state index contributed by atoms with van der Waals surface area (Å²) in [7, 11) is 1.55. The third kappa shape index (κ3) is 2.40. The first-order valence-electron chi connectivity index (χ1n) is 5.56. The molecule has 0 radical (unpaired) electrons. The smallest absolute Gasteiger partial charge is 0.193 e. The van der Waals surface area contributed by atoms with Gasteiger partial charge in [0.2, 0.25) is 0 Å². The molecule has 0 bridgehead atoms. The van der Waals surface area contributed by atoms with Gasteiger partial charge in [0.25, 0.3) is 0 Å². The average Bonchev–Trinajstić information content (AvgIpc) is 2.38. The van der Waals surface area contributed by atoms with Crippen LogP contribution in [-0.2, 0) is 0 Å². The van der Waals surface area contributed by atoms with Crippen molar-refractivity contribution < 1.29 is 13.9 Å². The quantitative estimate of drug-likeness (QED) is 0.774. The second-order valence-corrected chi connectivity index (χ2v) is 4.02. The minimum Gasteiger partial charge on any atom is -0.497 e. The van der Waals surface area contributed by atoms with Crippen molar-refractivity contribution in [3.05, 3.63) is 65.0 Å². The zero-order valence-corrected chi connectivity index (χ0v) is 10.2. The van der Waals surface area contributed by atoms with Gasteiger partial charge in [-0.15, -0.1) is 0 Å². The fourth-order valence-electron chi connectivity index (χ4n) is 1.80. The molecular formula is C15H13FO2. The highest BCUT2D eigenvalue weighted by molar-refractivity contribution is 6.10. The monoisotopic (exact) mass is 244 g/mol. The number of hydrogen-bond acceptors (Lipinski definition) is 2. The number of carbonyl (C=O) groups is 1. The molecule has 0 spiro atoms. The van der Waals surface area contributed by atoms with Gasteiger partial charge in [0.05, 0.1) is 7.11 Å². The van der Waals surface area contributed by atoms with E-state index >= 15 is 0 Å².